The lowest BCUT2D eigenvalue weighted by atomic mass is 9.96. The van der Waals surface area contributed by atoms with Crippen molar-refractivity contribution in [1.29, 1.82) is 5.41 Å². The highest BCUT2D eigenvalue weighted by atomic mass is 15.3. The maximum atomic E-state index is 10.1. The Bertz CT molecular complexity index is 3090. The quantitative estimate of drug-likeness (QED) is 0.150. The third kappa shape index (κ3) is 5.74. The predicted molar refractivity (Wildman–Crippen MR) is 240 cm³/mol. The summed E-state index contributed by atoms with van der Waals surface area (Å²) in [6.07, 6.45) is 8.77. The van der Waals surface area contributed by atoms with Crippen molar-refractivity contribution in [3.63, 3.8) is 0 Å². The first-order chi connectivity index (χ1) is 28.0. The normalized spacial score (nSPS) is 14.4. The molecule has 0 bridgehead atoms. The molecule has 0 fully saturated rings. The van der Waals surface area contributed by atoms with Crippen LogP contribution in [0, 0.1) is 5.41 Å². The molecule has 3 N–H and O–H groups in total. The molecule has 0 saturated carbocycles. The van der Waals surface area contributed by atoms with Crippen LogP contribution in [0.1, 0.15) is 36.5 Å². The summed E-state index contributed by atoms with van der Waals surface area (Å²) in [5.74, 6) is -1.66. The van der Waals surface area contributed by atoms with Crippen LogP contribution in [-0.4, -0.2) is 20.6 Å². The lowest BCUT2D eigenvalue weighted by Crippen LogP contribution is -2.49. The second-order valence-corrected chi connectivity index (χ2v) is 14.9. The number of aromatic nitrogens is 2. The summed E-state index contributed by atoms with van der Waals surface area (Å²) < 4.78 is 4.50. The molecule has 0 aliphatic heterocycles. The van der Waals surface area contributed by atoms with E-state index in [4.69, 9.17) is 10.7 Å². The van der Waals surface area contributed by atoms with Crippen LogP contribution in [-0.2, 0) is 5.79 Å². The Morgan fingerprint density at radius 1 is 0.579 bits per heavy atom. The van der Waals surface area contributed by atoms with Crippen molar-refractivity contribution >= 4 is 60.6 Å². The van der Waals surface area contributed by atoms with Crippen molar-refractivity contribution in [1.82, 2.24) is 9.13 Å². The number of aliphatic imine (C=N–C) groups is 1. The van der Waals surface area contributed by atoms with Gasteiger partial charge in [0.2, 0.25) is 5.79 Å². The number of hydrogen-bond donors (Lipinski definition) is 2. The van der Waals surface area contributed by atoms with Crippen LogP contribution >= 0.6 is 0 Å². The zero-order valence-corrected chi connectivity index (χ0v) is 31.7. The lowest BCUT2D eigenvalue weighted by Gasteiger charge is -2.31. The number of hydrogen-bond acceptors (Lipinski definition) is 3. The maximum absolute atomic E-state index is 10.1. The highest BCUT2D eigenvalue weighted by Crippen LogP contribution is 2.43. The Hall–Kier alpha value is -7.08. The SMILES string of the molecule is CC(=NC(N)(C(=N)c1ccc(C2=CCCC=C2)cc1)n1c2ccccc2c2ccc3c4ccccc4n(-c4cccc(-c5ccccc5)c4)c3c21)c1ccccc1. The summed E-state index contributed by atoms with van der Waals surface area (Å²) in [6.45, 7) is 1.99. The van der Waals surface area contributed by atoms with E-state index in [9.17, 15) is 5.41 Å². The van der Waals surface area contributed by atoms with Crippen LogP contribution < -0.4 is 5.73 Å². The monoisotopic (exact) mass is 735 g/mol. The molecule has 5 heteroatoms. The van der Waals surface area contributed by atoms with Crippen LogP contribution in [0.5, 0.6) is 0 Å². The maximum Gasteiger partial charge on any atom is 0.233 e. The molecule has 0 radical (unpaired) electrons. The fourth-order valence-electron chi connectivity index (χ4n) is 8.66. The Morgan fingerprint density at radius 2 is 1.21 bits per heavy atom. The number of benzene rings is 7. The van der Waals surface area contributed by atoms with Gasteiger partial charge in [-0.05, 0) is 71.9 Å². The van der Waals surface area contributed by atoms with Gasteiger partial charge in [0.25, 0.3) is 0 Å². The minimum absolute atomic E-state index is 0.200. The molecule has 5 nitrogen and oxygen atoms in total. The minimum Gasteiger partial charge on any atom is -0.307 e. The molecule has 274 valence electrons. The average molecular weight is 736 g/mol. The molecule has 2 aromatic heterocycles. The highest BCUT2D eigenvalue weighted by Gasteiger charge is 2.38. The molecule has 0 spiro atoms. The number of para-hydroxylation sites is 2. The van der Waals surface area contributed by atoms with E-state index in [1.165, 1.54) is 5.57 Å². The van der Waals surface area contributed by atoms with E-state index in [1.807, 2.05) is 55.5 Å². The number of allylic oxidation sites excluding steroid dienone is 4. The average Bonchev–Trinajstić information content (AvgIpc) is 3.81. The summed E-state index contributed by atoms with van der Waals surface area (Å²) in [5, 5.41) is 14.5. The number of nitrogens with two attached hydrogens (primary N) is 1. The van der Waals surface area contributed by atoms with Crippen molar-refractivity contribution in [3.05, 3.63) is 205 Å². The van der Waals surface area contributed by atoms with Gasteiger partial charge < -0.3 is 4.57 Å². The van der Waals surface area contributed by atoms with Gasteiger partial charge in [-0.1, -0.05) is 164 Å². The third-order valence-corrected chi connectivity index (χ3v) is 11.4. The Balaban J connectivity index is 1.30. The van der Waals surface area contributed by atoms with Gasteiger partial charge in [0.05, 0.1) is 22.1 Å². The molecule has 1 aliphatic carbocycles. The molecule has 1 unspecified atom stereocenters. The van der Waals surface area contributed by atoms with Crippen LogP contribution in [0.4, 0.5) is 0 Å². The molecule has 57 heavy (non-hydrogen) atoms. The zero-order valence-electron chi connectivity index (χ0n) is 31.7. The molecule has 0 saturated heterocycles. The first kappa shape index (κ1) is 34.4. The Labute approximate surface area is 331 Å². The summed E-state index contributed by atoms with van der Waals surface area (Å²) in [5.41, 5.74) is 20.0. The third-order valence-electron chi connectivity index (χ3n) is 11.4. The second kappa shape index (κ2) is 13.9. The topological polar surface area (TPSA) is 72.1 Å². The second-order valence-electron chi connectivity index (χ2n) is 14.9. The van der Waals surface area contributed by atoms with Crippen molar-refractivity contribution in [2.45, 2.75) is 25.6 Å². The van der Waals surface area contributed by atoms with E-state index in [2.05, 4.69) is 149 Å². The van der Waals surface area contributed by atoms with Gasteiger partial charge in [-0.15, -0.1) is 0 Å². The van der Waals surface area contributed by atoms with Crippen molar-refractivity contribution in [2.75, 3.05) is 0 Å². The summed E-state index contributed by atoms with van der Waals surface area (Å²) >= 11 is 0. The van der Waals surface area contributed by atoms with Gasteiger partial charge in [0, 0.05) is 38.5 Å². The highest BCUT2D eigenvalue weighted by molar-refractivity contribution is 6.24. The van der Waals surface area contributed by atoms with E-state index in [0.29, 0.717) is 5.56 Å². The van der Waals surface area contributed by atoms with Gasteiger partial charge in [0.15, 0.2) is 0 Å². The fraction of sp³-hybridized carbons (Fsp3) is 0.0769. The molecule has 0 amide bonds. The fourth-order valence-corrected chi connectivity index (χ4v) is 8.66. The van der Waals surface area contributed by atoms with Crippen molar-refractivity contribution in [2.24, 2.45) is 10.7 Å². The van der Waals surface area contributed by atoms with Crippen LogP contribution in [0.15, 0.2) is 193 Å². The number of nitrogens with one attached hydrogen (secondary N) is 1. The Kier molecular flexibility index (Phi) is 8.39. The summed E-state index contributed by atoms with van der Waals surface area (Å²) in [4.78, 5) is 5.43. The van der Waals surface area contributed by atoms with E-state index in [0.717, 1.165) is 90.1 Å². The molecule has 10 rings (SSSR count). The number of nitrogens with zero attached hydrogens (tertiary/aromatic N) is 3. The van der Waals surface area contributed by atoms with Crippen molar-refractivity contribution < 1.29 is 0 Å². The summed E-state index contributed by atoms with van der Waals surface area (Å²) in [7, 11) is 0. The van der Waals surface area contributed by atoms with Gasteiger partial charge >= 0.3 is 0 Å². The van der Waals surface area contributed by atoms with Gasteiger partial charge in [0.1, 0.15) is 5.71 Å². The lowest BCUT2D eigenvalue weighted by molar-refractivity contribution is 0.468. The van der Waals surface area contributed by atoms with E-state index < -0.39 is 5.79 Å². The number of rotatable bonds is 8. The van der Waals surface area contributed by atoms with Crippen LogP contribution in [0.2, 0.25) is 0 Å². The van der Waals surface area contributed by atoms with Gasteiger partial charge in [-0.25, -0.2) is 4.99 Å². The van der Waals surface area contributed by atoms with E-state index in [-0.39, 0.29) is 5.71 Å². The van der Waals surface area contributed by atoms with Gasteiger partial charge in [-0.2, -0.15) is 0 Å². The zero-order chi connectivity index (χ0) is 38.5. The smallest absolute Gasteiger partial charge is 0.233 e. The molecule has 1 aliphatic rings. The molecule has 7 aromatic carbocycles. The van der Waals surface area contributed by atoms with Gasteiger partial charge in [-0.3, -0.25) is 15.7 Å². The van der Waals surface area contributed by atoms with E-state index in [1.54, 1.807) is 0 Å². The standard InChI is InChI=1S/C52H41N5/c1-35(36-16-5-2-6-17-36)55-52(54,51(53)40-30-28-39(29-31-40)37-18-7-3-8-19-37)57-48-27-14-12-25-44(48)46-33-32-45-43-24-11-13-26-47(43)56(49(45)50(46)57)42-23-15-22-41(34-42)38-20-9-4-10-21-38/h2,4-7,9-34,53H,3,8,54H2,1H3. The predicted octanol–water partition coefficient (Wildman–Crippen LogP) is 12.4. The Morgan fingerprint density at radius 3 is 1.93 bits per heavy atom. The van der Waals surface area contributed by atoms with Crippen molar-refractivity contribution in [3.8, 4) is 16.8 Å². The molecule has 9 aromatic rings. The first-order valence-electron chi connectivity index (χ1n) is 19.6. The summed E-state index contributed by atoms with van der Waals surface area (Å²) in [6, 6.07) is 59.0. The minimum atomic E-state index is -1.66. The van der Waals surface area contributed by atoms with Crippen LogP contribution in [0.3, 0.4) is 0 Å². The largest absolute Gasteiger partial charge is 0.307 e. The molecular weight excluding hydrogens is 695 g/mol. The molecular formula is C52H41N5. The van der Waals surface area contributed by atoms with E-state index >= 15 is 0 Å². The van der Waals surface area contributed by atoms with Crippen LogP contribution in [0.25, 0.3) is 66.0 Å². The molecule has 1 atom stereocenters. The number of fused-ring (bicyclic) bond motifs is 7. The first-order valence-corrected chi connectivity index (χ1v) is 19.6. The molecule has 2 heterocycles.